The van der Waals surface area contributed by atoms with Crippen molar-refractivity contribution in [1.82, 2.24) is 4.98 Å². The number of hydrogen-bond donors (Lipinski definition) is 2. The molecular formula is C14H19N3O. The summed E-state index contributed by atoms with van der Waals surface area (Å²) in [6, 6.07) is 3.73. The summed E-state index contributed by atoms with van der Waals surface area (Å²) in [5.74, 6) is 1.69. The Labute approximate surface area is 107 Å². The van der Waals surface area contributed by atoms with Crippen molar-refractivity contribution in [2.45, 2.75) is 44.6 Å². The van der Waals surface area contributed by atoms with Crippen molar-refractivity contribution in [3.8, 4) is 0 Å². The largest absolute Gasteiger partial charge is 0.354 e. The summed E-state index contributed by atoms with van der Waals surface area (Å²) in [5.41, 5.74) is 0.373. The van der Waals surface area contributed by atoms with Crippen molar-refractivity contribution in [2.24, 2.45) is 5.92 Å². The van der Waals surface area contributed by atoms with Crippen LogP contribution in [-0.2, 0) is 4.79 Å². The van der Waals surface area contributed by atoms with Crippen molar-refractivity contribution < 1.29 is 4.79 Å². The van der Waals surface area contributed by atoms with Gasteiger partial charge >= 0.3 is 0 Å². The highest BCUT2D eigenvalue weighted by molar-refractivity contribution is 6.05. The van der Waals surface area contributed by atoms with Crippen molar-refractivity contribution in [3.05, 3.63) is 18.3 Å². The second-order valence-electron chi connectivity index (χ2n) is 5.41. The number of amides is 1. The molecule has 0 saturated heterocycles. The molecular weight excluding hydrogens is 226 g/mol. The van der Waals surface area contributed by atoms with Crippen LogP contribution in [-0.4, -0.2) is 16.4 Å². The molecule has 1 fully saturated rings. The smallest absolute Gasteiger partial charge is 0.250 e. The first kappa shape index (κ1) is 11.5. The predicted molar refractivity (Wildman–Crippen MR) is 71.5 cm³/mol. The second-order valence-corrected chi connectivity index (χ2v) is 5.41. The lowest BCUT2D eigenvalue weighted by Gasteiger charge is -2.42. The number of carbonyl (C=O) groups is 1. The molecule has 96 valence electrons. The molecule has 1 aliphatic carbocycles. The van der Waals surface area contributed by atoms with Gasteiger partial charge in [0.15, 0.2) is 5.82 Å². The van der Waals surface area contributed by atoms with E-state index in [0.717, 1.165) is 43.1 Å². The molecule has 4 heteroatoms. The molecule has 1 amide bonds. The summed E-state index contributed by atoms with van der Waals surface area (Å²) in [6.45, 7) is 2.23. The van der Waals surface area contributed by atoms with Gasteiger partial charge in [0.25, 0.3) is 0 Å². The maximum atomic E-state index is 12.3. The first-order chi connectivity index (χ1) is 8.73. The van der Waals surface area contributed by atoms with Crippen LogP contribution in [0.2, 0.25) is 0 Å². The second kappa shape index (κ2) is 4.26. The maximum Gasteiger partial charge on any atom is 0.250 e. The third-order valence-corrected chi connectivity index (χ3v) is 4.38. The van der Waals surface area contributed by atoms with E-state index in [1.807, 2.05) is 12.1 Å². The molecule has 1 aromatic heterocycles. The monoisotopic (exact) mass is 245 g/mol. The molecule has 1 saturated carbocycles. The van der Waals surface area contributed by atoms with Gasteiger partial charge < -0.3 is 10.6 Å². The number of aromatic nitrogens is 1. The van der Waals surface area contributed by atoms with Crippen molar-refractivity contribution in [1.29, 1.82) is 0 Å². The number of fused-ring (bicyclic) bond motifs is 1. The van der Waals surface area contributed by atoms with Gasteiger partial charge in [-0.05, 0) is 43.7 Å². The van der Waals surface area contributed by atoms with E-state index in [9.17, 15) is 4.79 Å². The van der Waals surface area contributed by atoms with E-state index >= 15 is 0 Å². The third kappa shape index (κ3) is 1.76. The fourth-order valence-corrected chi connectivity index (χ4v) is 3.06. The van der Waals surface area contributed by atoms with Gasteiger partial charge in [0.05, 0.1) is 5.69 Å². The molecule has 0 bridgehead atoms. The van der Waals surface area contributed by atoms with Crippen LogP contribution >= 0.6 is 0 Å². The lowest BCUT2D eigenvalue weighted by molar-refractivity contribution is -0.121. The Kier molecular flexibility index (Phi) is 2.73. The minimum absolute atomic E-state index is 0.109. The first-order valence-electron chi connectivity index (χ1n) is 6.78. The highest BCUT2D eigenvalue weighted by Crippen LogP contribution is 2.40. The topological polar surface area (TPSA) is 54.0 Å². The summed E-state index contributed by atoms with van der Waals surface area (Å²) < 4.78 is 0. The number of carbonyl (C=O) groups excluding carboxylic acids is 1. The Bertz CT molecular complexity index is 464. The lowest BCUT2D eigenvalue weighted by atomic mass is 9.74. The molecule has 18 heavy (non-hydrogen) atoms. The summed E-state index contributed by atoms with van der Waals surface area (Å²) >= 11 is 0. The van der Waals surface area contributed by atoms with Crippen LogP contribution in [0.3, 0.4) is 0 Å². The van der Waals surface area contributed by atoms with E-state index in [1.165, 1.54) is 6.42 Å². The van der Waals surface area contributed by atoms with E-state index in [4.69, 9.17) is 0 Å². The van der Waals surface area contributed by atoms with Gasteiger partial charge in [0.2, 0.25) is 5.91 Å². The van der Waals surface area contributed by atoms with Crippen LogP contribution in [0.1, 0.15) is 39.0 Å². The number of rotatable bonds is 1. The molecule has 1 aliphatic heterocycles. The molecule has 0 radical (unpaired) electrons. The van der Waals surface area contributed by atoms with Crippen LogP contribution in [0, 0.1) is 5.92 Å². The average Bonchev–Trinajstić information content (AvgIpc) is 2.41. The van der Waals surface area contributed by atoms with Crippen LogP contribution < -0.4 is 10.6 Å². The SMILES string of the molecule is CCC1CCC2(CC1)Nc1ncccc1NC2=O. The van der Waals surface area contributed by atoms with Crippen LogP contribution in [0.5, 0.6) is 0 Å². The normalized spacial score (nSPS) is 30.5. The summed E-state index contributed by atoms with van der Waals surface area (Å²) in [6.07, 6.45) is 7.04. The van der Waals surface area contributed by atoms with E-state index in [-0.39, 0.29) is 5.91 Å². The van der Waals surface area contributed by atoms with Gasteiger partial charge in [-0.25, -0.2) is 4.98 Å². The summed E-state index contributed by atoms with van der Waals surface area (Å²) in [4.78, 5) is 16.6. The number of hydrogen-bond acceptors (Lipinski definition) is 3. The molecule has 0 unspecified atom stereocenters. The molecule has 2 N–H and O–H groups in total. The van der Waals surface area contributed by atoms with Gasteiger partial charge in [-0.2, -0.15) is 0 Å². The zero-order valence-electron chi connectivity index (χ0n) is 10.7. The fourth-order valence-electron chi connectivity index (χ4n) is 3.06. The van der Waals surface area contributed by atoms with Gasteiger partial charge in [0, 0.05) is 6.20 Å². The van der Waals surface area contributed by atoms with Crippen LogP contribution in [0.15, 0.2) is 18.3 Å². The molecule has 2 aliphatic rings. The molecule has 1 aromatic rings. The standard InChI is InChI=1S/C14H19N3O/c1-2-10-5-7-14(8-6-10)13(18)16-11-4-3-9-15-12(11)17-14/h3-4,9-10H,2,5-8H2,1H3,(H,15,17)(H,16,18). The number of nitrogens with zero attached hydrogens (tertiary/aromatic N) is 1. The van der Waals surface area contributed by atoms with Crippen molar-refractivity contribution in [3.63, 3.8) is 0 Å². The molecule has 0 aromatic carbocycles. The minimum atomic E-state index is -0.424. The third-order valence-electron chi connectivity index (χ3n) is 4.38. The minimum Gasteiger partial charge on any atom is -0.354 e. The quantitative estimate of drug-likeness (QED) is 0.800. The van der Waals surface area contributed by atoms with E-state index < -0.39 is 5.54 Å². The van der Waals surface area contributed by atoms with Gasteiger partial charge in [-0.3, -0.25) is 4.79 Å². The van der Waals surface area contributed by atoms with Crippen molar-refractivity contribution in [2.75, 3.05) is 10.6 Å². The van der Waals surface area contributed by atoms with Gasteiger partial charge in [0.1, 0.15) is 5.54 Å². The Morgan fingerprint density at radius 1 is 1.44 bits per heavy atom. The lowest BCUT2D eigenvalue weighted by Crippen LogP contribution is -2.54. The van der Waals surface area contributed by atoms with Gasteiger partial charge in [-0.1, -0.05) is 13.3 Å². The predicted octanol–water partition coefficient (Wildman–Crippen LogP) is 2.78. The van der Waals surface area contributed by atoms with Crippen LogP contribution in [0.25, 0.3) is 0 Å². The van der Waals surface area contributed by atoms with Crippen LogP contribution in [0.4, 0.5) is 11.5 Å². The highest BCUT2D eigenvalue weighted by Gasteiger charge is 2.44. The Morgan fingerprint density at radius 3 is 2.94 bits per heavy atom. The van der Waals surface area contributed by atoms with Gasteiger partial charge in [-0.15, -0.1) is 0 Å². The maximum absolute atomic E-state index is 12.3. The molecule has 2 heterocycles. The number of pyridine rings is 1. The number of anilines is 2. The summed E-state index contributed by atoms with van der Waals surface area (Å²) in [7, 11) is 0. The zero-order valence-corrected chi connectivity index (χ0v) is 10.7. The fraction of sp³-hybridized carbons (Fsp3) is 0.571. The molecule has 3 rings (SSSR count). The van der Waals surface area contributed by atoms with E-state index in [0.29, 0.717) is 0 Å². The number of nitrogens with one attached hydrogen (secondary N) is 2. The molecule has 4 nitrogen and oxygen atoms in total. The van der Waals surface area contributed by atoms with Crippen molar-refractivity contribution >= 4 is 17.4 Å². The Hall–Kier alpha value is -1.58. The van der Waals surface area contributed by atoms with E-state index in [1.54, 1.807) is 6.20 Å². The summed E-state index contributed by atoms with van der Waals surface area (Å²) in [5, 5.41) is 6.37. The average molecular weight is 245 g/mol. The molecule has 0 atom stereocenters. The zero-order chi connectivity index (χ0) is 12.6. The Balaban J connectivity index is 1.85. The van der Waals surface area contributed by atoms with E-state index in [2.05, 4.69) is 22.5 Å². The first-order valence-corrected chi connectivity index (χ1v) is 6.78. The molecule has 1 spiro atoms. The highest BCUT2D eigenvalue weighted by atomic mass is 16.2. The Morgan fingerprint density at radius 2 is 2.22 bits per heavy atom.